The van der Waals surface area contributed by atoms with Crippen molar-refractivity contribution in [1.82, 2.24) is 5.32 Å². The topological polar surface area (TPSA) is 32.3 Å². The molecule has 0 amide bonds. The molecule has 0 radical (unpaired) electrons. The zero-order valence-electron chi connectivity index (χ0n) is 11.2. The van der Waals surface area contributed by atoms with E-state index in [4.69, 9.17) is 0 Å². The quantitative estimate of drug-likeness (QED) is 0.856. The molecular formula is C15H23NOS. The largest absolute Gasteiger partial charge is 0.392 e. The second-order valence-corrected chi connectivity index (χ2v) is 6.32. The molecule has 3 atom stereocenters. The monoisotopic (exact) mass is 265 g/mol. The van der Waals surface area contributed by atoms with Crippen LogP contribution in [0.25, 0.3) is 0 Å². The maximum Gasteiger partial charge on any atom is 0.0662 e. The average Bonchev–Trinajstić information content (AvgIpc) is 2.76. The first kappa shape index (κ1) is 13.9. The molecule has 2 nitrogen and oxygen atoms in total. The van der Waals surface area contributed by atoms with Crippen LogP contribution in [0, 0.1) is 0 Å². The highest BCUT2D eigenvalue weighted by molar-refractivity contribution is 8.00. The summed E-state index contributed by atoms with van der Waals surface area (Å²) in [6, 6.07) is 9.15. The van der Waals surface area contributed by atoms with Gasteiger partial charge in [-0.1, -0.05) is 19.1 Å². The van der Waals surface area contributed by atoms with Crippen LogP contribution in [-0.4, -0.2) is 23.0 Å². The van der Waals surface area contributed by atoms with E-state index in [2.05, 4.69) is 43.4 Å². The van der Waals surface area contributed by atoms with Gasteiger partial charge in [-0.05, 0) is 50.4 Å². The highest BCUT2D eigenvalue weighted by Crippen LogP contribution is 2.35. The Labute approximate surface area is 114 Å². The molecule has 0 aromatic heterocycles. The minimum absolute atomic E-state index is 0.115. The Hall–Kier alpha value is -0.510. The lowest BCUT2D eigenvalue weighted by molar-refractivity contribution is 0.188. The summed E-state index contributed by atoms with van der Waals surface area (Å²) >= 11 is 1.82. The number of benzene rings is 1. The van der Waals surface area contributed by atoms with Gasteiger partial charge in [-0.25, -0.2) is 0 Å². The van der Waals surface area contributed by atoms with Gasteiger partial charge in [-0.15, -0.1) is 11.8 Å². The van der Waals surface area contributed by atoms with E-state index in [0.29, 0.717) is 11.3 Å². The molecule has 1 aromatic carbocycles. The van der Waals surface area contributed by atoms with E-state index in [1.165, 1.54) is 10.5 Å². The van der Waals surface area contributed by atoms with Gasteiger partial charge in [0.25, 0.3) is 0 Å². The number of hydrogen-bond acceptors (Lipinski definition) is 3. The number of thioether (sulfide) groups is 1. The van der Waals surface area contributed by atoms with E-state index in [0.717, 1.165) is 25.8 Å². The number of rotatable bonds is 5. The molecule has 2 N–H and O–H groups in total. The van der Waals surface area contributed by atoms with Crippen molar-refractivity contribution < 1.29 is 5.11 Å². The highest BCUT2D eigenvalue weighted by atomic mass is 32.2. The Morgan fingerprint density at radius 3 is 2.61 bits per heavy atom. The zero-order valence-corrected chi connectivity index (χ0v) is 12.0. The van der Waals surface area contributed by atoms with Crippen LogP contribution in [0.15, 0.2) is 29.2 Å². The predicted molar refractivity (Wildman–Crippen MR) is 78.0 cm³/mol. The van der Waals surface area contributed by atoms with E-state index in [1.807, 2.05) is 11.8 Å². The molecule has 0 heterocycles. The van der Waals surface area contributed by atoms with Crippen LogP contribution in [0.3, 0.4) is 0 Å². The summed E-state index contributed by atoms with van der Waals surface area (Å²) in [5, 5.41) is 13.6. The summed E-state index contributed by atoms with van der Waals surface area (Å²) in [6.07, 6.45) is 3.15. The van der Waals surface area contributed by atoms with Crippen LogP contribution in [0.4, 0.5) is 0 Å². The molecule has 3 unspecified atom stereocenters. The van der Waals surface area contributed by atoms with Crippen LogP contribution in [0.2, 0.25) is 0 Å². The van der Waals surface area contributed by atoms with Gasteiger partial charge < -0.3 is 10.4 Å². The van der Waals surface area contributed by atoms with Crippen LogP contribution in [0.1, 0.15) is 44.7 Å². The van der Waals surface area contributed by atoms with Gasteiger partial charge in [0, 0.05) is 16.2 Å². The molecule has 100 valence electrons. The summed E-state index contributed by atoms with van der Waals surface area (Å²) in [6.45, 7) is 5.31. The molecule has 1 saturated carbocycles. The summed E-state index contributed by atoms with van der Waals surface area (Å²) < 4.78 is 0. The summed E-state index contributed by atoms with van der Waals surface area (Å²) in [7, 11) is 0. The Morgan fingerprint density at radius 1 is 1.33 bits per heavy atom. The Kier molecular flexibility index (Phi) is 5.10. The maximum absolute atomic E-state index is 9.83. The molecule has 1 aliphatic carbocycles. The van der Waals surface area contributed by atoms with Crippen LogP contribution >= 0.6 is 11.8 Å². The van der Waals surface area contributed by atoms with Crippen LogP contribution in [0.5, 0.6) is 0 Å². The van der Waals surface area contributed by atoms with Gasteiger partial charge in [0.15, 0.2) is 0 Å². The van der Waals surface area contributed by atoms with E-state index in [-0.39, 0.29) is 6.10 Å². The third-order valence-electron chi connectivity index (χ3n) is 3.60. The molecule has 2 rings (SSSR count). The molecule has 1 aromatic rings. The molecule has 1 aliphatic rings. The van der Waals surface area contributed by atoms with E-state index in [9.17, 15) is 5.11 Å². The summed E-state index contributed by atoms with van der Waals surface area (Å²) in [5.74, 6) is 0. The van der Waals surface area contributed by atoms with Crippen molar-refractivity contribution in [1.29, 1.82) is 0 Å². The van der Waals surface area contributed by atoms with Gasteiger partial charge >= 0.3 is 0 Å². The van der Waals surface area contributed by atoms with Crippen molar-refractivity contribution in [2.24, 2.45) is 0 Å². The molecule has 0 saturated heterocycles. The molecule has 0 spiro atoms. The fourth-order valence-corrected chi connectivity index (χ4v) is 3.70. The Bertz CT molecular complexity index is 365. The first-order valence-corrected chi connectivity index (χ1v) is 7.76. The average molecular weight is 265 g/mol. The number of nitrogens with one attached hydrogen (secondary N) is 1. The normalized spacial score (nSPS) is 25.3. The first-order chi connectivity index (χ1) is 8.70. The van der Waals surface area contributed by atoms with Crippen LogP contribution < -0.4 is 5.32 Å². The zero-order chi connectivity index (χ0) is 13.0. The SMILES string of the molecule is CCNC(C)c1ccc(SC2CCCC2O)cc1. The van der Waals surface area contributed by atoms with Gasteiger partial charge in [0.1, 0.15) is 0 Å². The number of hydrogen-bond donors (Lipinski definition) is 2. The second kappa shape index (κ2) is 6.60. The summed E-state index contributed by atoms with van der Waals surface area (Å²) in [4.78, 5) is 1.27. The fraction of sp³-hybridized carbons (Fsp3) is 0.600. The van der Waals surface area contributed by atoms with E-state index >= 15 is 0 Å². The standard InChI is InChI=1S/C15H23NOS/c1-3-16-11(2)12-7-9-13(10-8-12)18-15-6-4-5-14(15)17/h7-11,14-17H,3-6H2,1-2H3. The van der Waals surface area contributed by atoms with E-state index in [1.54, 1.807) is 0 Å². The van der Waals surface area contributed by atoms with Crippen molar-refractivity contribution in [2.75, 3.05) is 6.54 Å². The molecular weight excluding hydrogens is 242 g/mol. The van der Waals surface area contributed by atoms with E-state index < -0.39 is 0 Å². The van der Waals surface area contributed by atoms with Crippen molar-refractivity contribution in [3.05, 3.63) is 29.8 Å². The lowest BCUT2D eigenvalue weighted by atomic mass is 10.1. The van der Waals surface area contributed by atoms with Gasteiger partial charge in [0.2, 0.25) is 0 Å². The molecule has 18 heavy (non-hydrogen) atoms. The minimum Gasteiger partial charge on any atom is -0.392 e. The molecule has 3 heteroatoms. The number of aliphatic hydroxyl groups is 1. The minimum atomic E-state index is -0.115. The predicted octanol–water partition coefficient (Wildman–Crippen LogP) is 3.36. The van der Waals surface area contributed by atoms with Gasteiger partial charge in [-0.2, -0.15) is 0 Å². The van der Waals surface area contributed by atoms with Crippen molar-refractivity contribution in [2.45, 2.75) is 55.4 Å². The third kappa shape index (κ3) is 3.50. The Balaban J connectivity index is 1.95. The first-order valence-electron chi connectivity index (χ1n) is 6.88. The lowest BCUT2D eigenvalue weighted by Crippen LogP contribution is -2.17. The van der Waals surface area contributed by atoms with Gasteiger partial charge in [-0.3, -0.25) is 0 Å². The number of aliphatic hydroxyl groups excluding tert-OH is 1. The smallest absolute Gasteiger partial charge is 0.0662 e. The molecule has 0 aliphatic heterocycles. The molecule has 0 bridgehead atoms. The van der Waals surface area contributed by atoms with Crippen molar-refractivity contribution in [3.8, 4) is 0 Å². The lowest BCUT2D eigenvalue weighted by Gasteiger charge is -2.16. The fourth-order valence-electron chi connectivity index (χ4n) is 2.48. The maximum atomic E-state index is 9.83. The Morgan fingerprint density at radius 2 is 2.06 bits per heavy atom. The highest BCUT2D eigenvalue weighted by Gasteiger charge is 2.25. The van der Waals surface area contributed by atoms with Crippen LogP contribution in [-0.2, 0) is 0 Å². The van der Waals surface area contributed by atoms with Gasteiger partial charge in [0.05, 0.1) is 6.10 Å². The van der Waals surface area contributed by atoms with Crippen molar-refractivity contribution >= 4 is 11.8 Å². The van der Waals surface area contributed by atoms with Crippen molar-refractivity contribution in [3.63, 3.8) is 0 Å². The third-order valence-corrected chi connectivity index (χ3v) is 4.99. The summed E-state index contributed by atoms with van der Waals surface area (Å²) in [5.41, 5.74) is 1.33. The second-order valence-electron chi connectivity index (χ2n) is 5.00. The molecule has 1 fully saturated rings.